The number of rotatable bonds is 3. The Balaban J connectivity index is 1.91. The van der Waals surface area contributed by atoms with Crippen molar-refractivity contribution in [2.45, 2.75) is 38.4 Å². The summed E-state index contributed by atoms with van der Waals surface area (Å²) in [6.07, 6.45) is 4.23. The lowest BCUT2D eigenvalue weighted by molar-refractivity contribution is -0.232. The zero-order valence-corrected chi connectivity index (χ0v) is 15.3. The molecule has 1 aromatic rings. The molecule has 0 radical (unpaired) electrons. The normalized spacial score (nSPS) is 19.2. The van der Waals surface area contributed by atoms with Crippen LogP contribution in [-0.2, 0) is 19.1 Å². The average molecular weight is 444 g/mol. The first-order chi connectivity index (χ1) is 11.4. The van der Waals surface area contributed by atoms with Crippen molar-refractivity contribution in [1.29, 1.82) is 0 Å². The first kappa shape index (κ1) is 17.1. The molecule has 2 aliphatic rings. The van der Waals surface area contributed by atoms with Gasteiger partial charge in [-0.25, -0.2) is 9.59 Å². The molecule has 1 saturated heterocycles. The molecule has 6 nitrogen and oxygen atoms in total. The molecule has 0 aromatic heterocycles. The van der Waals surface area contributed by atoms with Crippen LogP contribution in [-0.4, -0.2) is 29.4 Å². The number of carbonyl (C=O) groups excluding carboxylic acids is 2. The van der Waals surface area contributed by atoms with Crippen LogP contribution in [0, 0.1) is 3.57 Å². The Morgan fingerprint density at radius 1 is 1.25 bits per heavy atom. The van der Waals surface area contributed by atoms with Gasteiger partial charge in [0.25, 0.3) is 5.79 Å². The van der Waals surface area contributed by atoms with Gasteiger partial charge < -0.3 is 19.3 Å². The van der Waals surface area contributed by atoms with E-state index >= 15 is 0 Å². The summed E-state index contributed by atoms with van der Waals surface area (Å²) in [6, 6.07) is 3.21. The number of benzene rings is 1. The predicted octanol–water partition coefficient (Wildman–Crippen LogP) is 3.15. The maximum Gasteiger partial charge on any atom is 0.348 e. The van der Waals surface area contributed by atoms with Crippen LogP contribution in [0.15, 0.2) is 17.7 Å². The number of esters is 2. The van der Waals surface area contributed by atoms with E-state index in [0.29, 0.717) is 34.3 Å². The molecule has 1 aliphatic carbocycles. The number of carbonyl (C=O) groups is 2. The summed E-state index contributed by atoms with van der Waals surface area (Å²) in [5.74, 6) is -2.10. The Morgan fingerprint density at radius 3 is 2.46 bits per heavy atom. The average Bonchev–Trinajstić information content (AvgIpc) is 2.96. The van der Waals surface area contributed by atoms with E-state index in [0.717, 1.165) is 12.8 Å². The number of hydrogen-bond donors (Lipinski definition) is 1. The fourth-order valence-electron chi connectivity index (χ4n) is 2.90. The van der Waals surface area contributed by atoms with Crippen molar-refractivity contribution in [2.75, 3.05) is 6.61 Å². The summed E-state index contributed by atoms with van der Waals surface area (Å²) < 4.78 is 16.7. The molecule has 1 spiro atoms. The standard InChI is InChI=1S/C17H17IO6/c1-2-22-13-9-10(8-12(18)14(13)19)7-11-15(20)23-17(24-16(11)21)5-3-4-6-17/h7-9,19H,2-6H2,1H3. The summed E-state index contributed by atoms with van der Waals surface area (Å²) in [7, 11) is 0. The smallest absolute Gasteiger partial charge is 0.348 e. The maximum absolute atomic E-state index is 12.3. The molecule has 0 amide bonds. The SMILES string of the molecule is CCOc1cc(C=C2C(=O)OC3(CCCC3)OC2=O)cc(I)c1O. The van der Waals surface area contributed by atoms with E-state index in [9.17, 15) is 14.7 Å². The molecule has 1 aromatic carbocycles. The quantitative estimate of drug-likeness (QED) is 0.334. The molecule has 0 unspecified atom stereocenters. The zero-order valence-electron chi connectivity index (χ0n) is 13.1. The third kappa shape index (κ3) is 3.22. The lowest BCUT2D eigenvalue weighted by Gasteiger charge is -2.32. The molecule has 24 heavy (non-hydrogen) atoms. The predicted molar refractivity (Wildman–Crippen MR) is 93.4 cm³/mol. The van der Waals surface area contributed by atoms with E-state index in [1.807, 2.05) is 22.6 Å². The van der Waals surface area contributed by atoms with E-state index in [1.165, 1.54) is 6.08 Å². The molecule has 1 saturated carbocycles. The topological polar surface area (TPSA) is 82.1 Å². The van der Waals surface area contributed by atoms with Crippen molar-refractivity contribution in [1.82, 2.24) is 0 Å². The summed E-state index contributed by atoms with van der Waals surface area (Å²) >= 11 is 1.95. The van der Waals surface area contributed by atoms with Crippen molar-refractivity contribution in [3.63, 3.8) is 0 Å². The van der Waals surface area contributed by atoms with Gasteiger partial charge in [0.15, 0.2) is 11.5 Å². The molecule has 0 atom stereocenters. The minimum atomic E-state index is -1.08. The number of phenols is 1. The van der Waals surface area contributed by atoms with E-state index in [-0.39, 0.29) is 11.3 Å². The Labute approximate surface area is 152 Å². The zero-order chi connectivity index (χ0) is 17.3. The Bertz CT molecular complexity index is 696. The van der Waals surface area contributed by atoms with Crippen LogP contribution in [0.25, 0.3) is 6.08 Å². The highest BCUT2D eigenvalue weighted by molar-refractivity contribution is 14.1. The van der Waals surface area contributed by atoms with E-state index in [2.05, 4.69) is 0 Å². The molecular formula is C17H17IO6. The fourth-order valence-corrected chi connectivity index (χ4v) is 3.52. The number of hydrogen-bond acceptors (Lipinski definition) is 6. The van der Waals surface area contributed by atoms with Crippen LogP contribution in [0.5, 0.6) is 11.5 Å². The van der Waals surface area contributed by atoms with E-state index in [1.54, 1.807) is 19.1 Å². The van der Waals surface area contributed by atoms with Gasteiger partial charge in [0, 0.05) is 12.8 Å². The molecule has 0 bridgehead atoms. The van der Waals surface area contributed by atoms with Gasteiger partial charge in [-0.15, -0.1) is 0 Å². The minimum Gasteiger partial charge on any atom is -0.504 e. The van der Waals surface area contributed by atoms with Crippen LogP contribution in [0.3, 0.4) is 0 Å². The van der Waals surface area contributed by atoms with Crippen LogP contribution in [0.2, 0.25) is 0 Å². The van der Waals surface area contributed by atoms with Crippen LogP contribution in [0.1, 0.15) is 38.2 Å². The third-order valence-corrected chi connectivity index (χ3v) is 4.85. The lowest BCUT2D eigenvalue weighted by atomic mass is 10.1. The van der Waals surface area contributed by atoms with Gasteiger partial charge in [-0.05, 0) is 66.1 Å². The molecule has 2 fully saturated rings. The van der Waals surface area contributed by atoms with Gasteiger partial charge in [-0.1, -0.05) is 0 Å². The van der Waals surface area contributed by atoms with E-state index < -0.39 is 17.7 Å². The monoisotopic (exact) mass is 444 g/mol. The second kappa shape index (κ2) is 6.62. The highest BCUT2D eigenvalue weighted by Crippen LogP contribution is 2.39. The van der Waals surface area contributed by atoms with Crippen LogP contribution in [0.4, 0.5) is 0 Å². The fraction of sp³-hybridized carbons (Fsp3) is 0.412. The molecule has 1 N–H and O–H groups in total. The van der Waals surface area contributed by atoms with Crippen molar-refractivity contribution < 1.29 is 28.9 Å². The van der Waals surface area contributed by atoms with Gasteiger partial charge >= 0.3 is 11.9 Å². The Morgan fingerprint density at radius 2 is 1.88 bits per heavy atom. The maximum atomic E-state index is 12.3. The molecule has 1 heterocycles. The lowest BCUT2D eigenvalue weighted by Crippen LogP contribution is -2.44. The van der Waals surface area contributed by atoms with E-state index in [4.69, 9.17) is 14.2 Å². The second-order valence-corrected chi connectivity index (χ2v) is 6.90. The van der Waals surface area contributed by atoms with Gasteiger partial charge in [0.2, 0.25) is 0 Å². The summed E-state index contributed by atoms with van der Waals surface area (Å²) in [5, 5.41) is 9.97. The summed E-state index contributed by atoms with van der Waals surface area (Å²) in [4.78, 5) is 24.5. The summed E-state index contributed by atoms with van der Waals surface area (Å²) in [6.45, 7) is 2.19. The summed E-state index contributed by atoms with van der Waals surface area (Å²) in [5.41, 5.74) is 0.392. The van der Waals surface area contributed by atoms with Crippen molar-refractivity contribution >= 4 is 40.6 Å². The molecule has 7 heteroatoms. The highest BCUT2D eigenvalue weighted by Gasteiger charge is 2.47. The Kier molecular flexibility index (Phi) is 4.71. The largest absolute Gasteiger partial charge is 0.504 e. The third-order valence-electron chi connectivity index (χ3n) is 4.02. The van der Waals surface area contributed by atoms with Gasteiger partial charge in [0.05, 0.1) is 10.2 Å². The van der Waals surface area contributed by atoms with Gasteiger partial charge in [-0.3, -0.25) is 0 Å². The number of phenolic OH excluding ortho intramolecular Hbond substituents is 1. The van der Waals surface area contributed by atoms with Gasteiger partial charge in [-0.2, -0.15) is 0 Å². The molecular weight excluding hydrogens is 427 g/mol. The van der Waals surface area contributed by atoms with Crippen molar-refractivity contribution in [3.05, 3.63) is 26.8 Å². The highest BCUT2D eigenvalue weighted by atomic mass is 127. The van der Waals surface area contributed by atoms with Crippen LogP contribution >= 0.6 is 22.6 Å². The minimum absolute atomic E-state index is 0.0262. The molecule has 128 valence electrons. The second-order valence-electron chi connectivity index (χ2n) is 5.74. The first-order valence-corrected chi connectivity index (χ1v) is 8.86. The number of aromatic hydroxyl groups is 1. The van der Waals surface area contributed by atoms with Crippen molar-refractivity contribution in [2.24, 2.45) is 0 Å². The molecule has 3 rings (SSSR count). The van der Waals surface area contributed by atoms with Gasteiger partial charge in [0.1, 0.15) is 5.57 Å². The van der Waals surface area contributed by atoms with Crippen molar-refractivity contribution in [3.8, 4) is 11.5 Å². The molecule has 1 aliphatic heterocycles. The number of ether oxygens (including phenoxy) is 3. The van der Waals surface area contributed by atoms with Crippen LogP contribution < -0.4 is 4.74 Å². The number of halogens is 1. The Hall–Kier alpha value is -1.77. The first-order valence-electron chi connectivity index (χ1n) is 7.78.